The number of benzene rings is 1. The zero-order chi connectivity index (χ0) is 38.8. The first-order valence-electron chi connectivity index (χ1n) is 19.1. The molecule has 5 rings (SSSR count). The van der Waals surface area contributed by atoms with Crippen LogP contribution in [0.4, 0.5) is 4.79 Å². The van der Waals surface area contributed by atoms with Gasteiger partial charge in [-0.05, 0) is 79.1 Å². The Hall–Kier alpha value is -3.34. The number of hydrogen-bond acceptors (Lipinski definition) is 11. The van der Waals surface area contributed by atoms with Crippen molar-refractivity contribution in [3.8, 4) is 11.8 Å². The summed E-state index contributed by atoms with van der Waals surface area (Å²) in [7, 11) is 3.80. The number of carbonyl (C=O) groups excluding carboxylic acids is 3. The number of aliphatic hydroxyl groups excluding tert-OH is 1. The molecule has 4 heterocycles. The number of aliphatic hydroxyl groups is 1. The van der Waals surface area contributed by atoms with Gasteiger partial charge in [0.25, 0.3) is 0 Å². The van der Waals surface area contributed by atoms with Crippen molar-refractivity contribution in [3.63, 3.8) is 0 Å². The fourth-order valence-electron chi connectivity index (χ4n) is 9.11. The molecule has 12 nitrogen and oxygen atoms in total. The molecule has 0 aliphatic carbocycles. The van der Waals surface area contributed by atoms with Crippen LogP contribution in [-0.2, 0) is 33.3 Å². The first-order valence-corrected chi connectivity index (χ1v) is 19.1. The Kier molecular flexibility index (Phi) is 12.8. The minimum absolute atomic E-state index is 0.0122. The van der Waals surface area contributed by atoms with E-state index in [1.165, 1.54) is 6.92 Å². The molecular formula is C41H59N3O9. The zero-order valence-electron chi connectivity index (χ0n) is 33.0. The number of fused-ring (bicyclic) bond motifs is 1. The van der Waals surface area contributed by atoms with Crippen molar-refractivity contribution in [1.82, 2.24) is 9.80 Å². The first kappa shape index (κ1) is 40.8. The summed E-state index contributed by atoms with van der Waals surface area (Å²) in [5, 5.41) is 11.6. The number of ether oxygens (including phenoxy) is 5. The maximum atomic E-state index is 14.5. The molecule has 1 N–H and O–H groups in total. The predicted octanol–water partition coefficient (Wildman–Crippen LogP) is 4.50. The molecule has 2 bridgehead atoms. The lowest BCUT2D eigenvalue weighted by molar-refractivity contribution is -0.296. The van der Waals surface area contributed by atoms with Gasteiger partial charge >= 0.3 is 12.1 Å². The van der Waals surface area contributed by atoms with Gasteiger partial charge in [-0.1, -0.05) is 57.7 Å². The van der Waals surface area contributed by atoms with E-state index in [0.717, 1.165) is 11.3 Å². The van der Waals surface area contributed by atoms with Crippen LogP contribution in [0.1, 0.15) is 80.2 Å². The van der Waals surface area contributed by atoms with E-state index in [4.69, 9.17) is 28.7 Å². The summed E-state index contributed by atoms with van der Waals surface area (Å²) < 4.78 is 32.1. The predicted molar refractivity (Wildman–Crippen MR) is 199 cm³/mol. The molecule has 13 atom stereocenters. The molecule has 0 radical (unpaired) electrons. The van der Waals surface area contributed by atoms with E-state index in [1.54, 1.807) is 11.8 Å². The fourth-order valence-corrected chi connectivity index (χ4v) is 9.11. The van der Waals surface area contributed by atoms with Crippen LogP contribution in [-0.4, -0.2) is 126 Å². The molecule has 0 spiro atoms. The van der Waals surface area contributed by atoms with Crippen LogP contribution in [0.3, 0.4) is 0 Å². The summed E-state index contributed by atoms with van der Waals surface area (Å²) in [5.74, 6) is 2.57. The Labute approximate surface area is 314 Å². The van der Waals surface area contributed by atoms with E-state index in [9.17, 15) is 19.5 Å². The summed E-state index contributed by atoms with van der Waals surface area (Å²) in [6.07, 6.45) is -3.32. The highest BCUT2D eigenvalue weighted by Crippen LogP contribution is 2.44. The van der Waals surface area contributed by atoms with Crippen molar-refractivity contribution < 1.29 is 43.2 Å². The third-order valence-electron chi connectivity index (χ3n) is 11.8. The average Bonchev–Trinajstić information content (AvgIpc) is 3.24. The van der Waals surface area contributed by atoms with Gasteiger partial charge in [-0.25, -0.2) is 4.79 Å². The number of carbonyl (C=O) groups is 3. The quantitative estimate of drug-likeness (QED) is 0.253. The Morgan fingerprint density at radius 2 is 1.75 bits per heavy atom. The molecule has 1 aromatic carbocycles. The molecule has 4 aliphatic rings. The van der Waals surface area contributed by atoms with Crippen LogP contribution in [0, 0.1) is 35.5 Å². The molecule has 4 aliphatic heterocycles. The van der Waals surface area contributed by atoms with Gasteiger partial charge in [0.05, 0.1) is 30.4 Å². The number of esters is 1. The molecule has 1 aromatic rings. The number of hydrogen-bond donors (Lipinski definition) is 1. The van der Waals surface area contributed by atoms with Gasteiger partial charge in [0.2, 0.25) is 0 Å². The number of nitrogens with zero attached hydrogens (tertiary/aromatic N) is 3. The van der Waals surface area contributed by atoms with Gasteiger partial charge < -0.3 is 33.7 Å². The molecule has 3 saturated heterocycles. The minimum atomic E-state index is -1.21. The standard InChI is InChI=1S/C41H59N3O9/c1-11-31-41(8)35-26(4)32(42-19-20-44(35)39(48)53-41)24(2)23-40(7,49-21-15-18-29-16-13-12-14-17-29)36(27(5)33(45)28(6)37(47)51-31)52-38-34(46)30(43(9)10)22-25(3)50-38/h12-14,16-17,24-28,30-31,34-36,38,46H,11,19-23H2,1-10H3/t24-,25-,26+,27+,28-,30+,31-,34-,35-,36-,38+,40+,41-/m1/s1. The number of Topliss-reactive ketones (excluding diaryl/α,β-unsaturated/α-hetero) is 1. The second-order valence-electron chi connectivity index (χ2n) is 16.0. The van der Waals surface area contributed by atoms with Crippen molar-refractivity contribution in [2.75, 3.05) is 33.8 Å². The summed E-state index contributed by atoms with van der Waals surface area (Å²) in [6.45, 7) is 15.6. The largest absolute Gasteiger partial charge is 0.458 e. The molecule has 1 amide bonds. The Morgan fingerprint density at radius 1 is 1.06 bits per heavy atom. The molecule has 3 fully saturated rings. The van der Waals surface area contributed by atoms with Gasteiger partial charge in [-0.2, -0.15) is 0 Å². The van der Waals surface area contributed by atoms with Crippen molar-refractivity contribution in [3.05, 3.63) is 35.9 Å². The molecular weight excluding hydrogens is 678 g/mol. The smallest absolute Gasteiger partial charge is 0.410 e. The number of amides is 1. The first-order chi connectivity index (χ1) is 25.0. The third-order valence-corrected chi connectivity index (χ3v) is 11.8. The molecule has 0 saturated carbocycles. The normalized spacial score (nSPS) is 39.6. The lowest BCUT2D eigenvalue weighted by Crippen LogP contribution is -2.60. The van der Waals surface area contributed by atoms with E-state index in [0.29, 0.717) is 32.4 Å². The lowest BCUT2D eigenvalue weighted by atomic mass is 9.73. The molecule has 0 unspecified atom stereocenters. The van der Waals surface area contributed by atoms with Crippen LogP contribution in [0.25, 0.3) is 0 Å². The molecule has 292 valence electrons. The van der Waals surface area contributed by atoms with Crippen LogP contribution in [0.2, 0.25) is 0 Å². The van der Waals surface area contributed by atoms with E-state index < -0.39 is 71.5 Å². The highest BCUT2D eigenvalue weighted by molar-refractivity contribution is 6.00. The summed E-state index contributed by atoms with van der Waals surface area (Å²) >= 11 is 0. The van der Waals surface area contributed by atoms with Gasteiger partial charge in [-0.3, -0.25) is 19.5 Å². The van der Waals surface area contributed by atoms with Gasteiger partial charge in [-0.15, -0.1) is 0 Å². The highest BCUT2D eigenvalue weighted by Gasteiger charge is 2.60. The zero-order valence-corrected chi connectivity index (χ0v) is 33.0. The summed E-state index contributed by atoms with van der Waals surface area (Å²) in [6, 6.07) is 8.85. The van der Waals surface area contributed by atoms with Crippen LogP contribution >= 0.6 is 0 Å². The number of ketones is 1. The van der Waals surface area contributed by atoms with Crippen molar-refractivity contribution in [2.24, 2.45) is 28.7 Å². The van der Waals surface area contributed by atoms with Gasteiger partial charge in [0.15, 0.2) is 17.7 Å². The Balaban J connectivity index is 1.61. The third kappa shape index (κ3) is 8.35. The number of cyclic esters (lactones) is 1. The lowest BCUT2D eigenvalue weighted by Gasteiger charge is -2.47. The monoisotopic (exact) mass is 737 g/mol. The van der Waals surface area contributed by atoms with E-state index in [-0.39, 0.29) is 30.6 Å². The Bertz CT molecular complexity index is 1570. The van der Waals surface area contributed by atoms with Gasteiger partial charge in [0.1, 0.15) is 24.7 Å². The number of aliphatic imine (C=N–C) groups is 1. The summed E-state index contributed by atoms with van der Waals surface area (Å²) in [5.41, 5.74) is -0.695. The van der Waals surface area contributed by atoms with E-state index >= 15 is 0 Å². The number of likely N-dealkylation sites (N-methyl/N-ethyl adjacent to an activating group) is 1. The second kappa shape index (κ2) is 16.6. The highest BCUT2D eigenvalue weighted by atomic mass is 16.7. The molecule has 0 aromatic heterocycles. The Morgan fingerprint density at radius 3 is 2.42 bits per heavy atom. The van der Waals surface area contributed by atoms with Gasteiger partial charge in [0, 0.05) is 35.7 Å². The summed E-state index contributed by atoms with van der Waals surface area (Å²) in [4.78, 5) is 50.5. The van der Waals surface area contributed by atoms with E-state index in [2.05, 4.69) is 18.8 Å². The van der Waals surface area contributed by atoms with Crippen molar-refractivity contribution in [1.29, 1.82) is 0 Å². The van der Waals surface area contributed by atoms with Crippen LogP contribution < -0.4 is 0 Å². The van der Waals surface area contributed by atoms with Crippen LogP contribution in [0.15, 0.2) is 35.3 Å². The second-order valence-corrected chi connectivity index (χ2v) is 16.0. The minimum Gasteiger partial charge on any atom is -0.458 e. The molecule has 53 heavy (non-hydrogen) atoms. The average molecular weight is 738 g/mol. The van der Waals surface area contributed by atoms with E-state index in [1.807, 2.05) is 83.9 Å². The number of rotatable bonds is 6. The maximum Gasteiger partial charge on any atom is 0.410 e. The maximum absolute atomic E-state index is 14.5. The SMILES string of the molecule is CC[C@H]1OC(=O)[C@H](C)C(=O)[C@H](C)[C@@H](O[C@@H]2O[C@H](C)C[C@H](N(C)C)[C@H]2O)[C@@](C)(OCC#Cc2ccccc2)C[C@@H](C)C2=NCCN3C(=O)O[C@@]1(C)[C@H]3[C@H]2C. The van der Waals surface area contributed by atoms with Crippen molar-refractivity contribution in [2.45, 2.75) is 129 Å². The fraction of sp³-hybridized carbons (Fsp3) is 0.707. The van der Waals surface area contributed by atoms with Crippen LogP contribution in [0.5, 0.6) is 0 Å². The topological polar surface area (TPSA) is 136 Å². The van der Waals surface area contributed by atoms with Crippen molar-refractivity contribution >= 4 is 23.6 Å². The molecule has 12 heteroatoms.